The van der Waals surface area contributed by atoms with Crippen molar-refractivity contribution in [2.75, 3.05) is 5.43 Å². The molecule has 2 aromatic heterocycles. The highest BCUT2D eigenvalue weighted by Gasteiger charge is 2.08. The van der Waals surface area contributed by atoms with Crippen molar-refractivity contribution in [2.45, 2.75) is 26.7 Å². The molecule has 90 valence electrons. The summed E-state index contributed by atoms with van der Waals surface area (Å²) in [5, 5.41) is 4.53. The first-order valence-electron chi connectivity index (χ1n) is 5.80. The van der Waals surface area contributed by atoms with Crippen molar-refractivity contribution in [3.63, 3.8) is 0 Å². The number of anilines is 1. The van der Waals surface area contributed by atoms with Crippen LogP contribution in [0.15, 0.2) is 24.3 Å². The fourth-order valence-electron chi connectivity index (χ4n) is 1.72. The molecular formula is C12H17N5. The largest absolute Gasteiger partial charge is 0.308 e. The molecular weight excluding hydrogens is 214 g/mol. The van der Waals surface area contributed by atoms with Gasteiger partial charge in [0.1, 0.15) is 5.82 Å². The molecule has 0 bridgehead atoms. The predicted octanol–water partition coefficient (Wildman–Crippen LogP) is 1.68. The summed E-state index contributed by atoms with van der Waals surface area (Å²) in [4.78, 5) is 4.38. The number of hydrogen-bond acceptors (Lipinski definition) is 4. The van der Waals surface area contributed by atoms with Crippen LogP contribution in [0, 0.1) is 0 Å². The van der Waals surface area contributed by atoms with Crippen LogP contribution in [-0.4, -0.2) is 14.8 Å². The van der Waals surface area contributed by atoms with E-state index < -0.39 is 0 Å². The lowest BCUT2D eigenvalue weighted by Crippen LogP contribution is -2.11. The average Bonchev–Trinajstić information content (AvgIpc) is 2.82. The number of pyridine rings is 1. The van der Waals surface area contributed by atoms with E-state index in [0.717, 1.165) is 30.0 Å². The van der Waals surface area contributed by atoms with Crippen LogP contribution in [0.1, 0.15) is 25.2 Å². The highest BCUT2D eigenvalue weighted by atomic mass is 15.3. The summed E-state index contributed by atoms with van der Waals surface area (Å²) < 4.78 is 1.87. The van der Waals surface area contributed by atoms with Crippen LogP contribution >= 0.6 is 0 Å². The van der Waals surface area contributed by atoms with Crippen molar-refractivity contribution in [1.29, 1.82) is 0 Å². The van der Waals surface area contributed by atoms with E-state index in [-0.39, 0.29) is 0 Å². The number of nitrogens with two attached hydrogens (primary N) is 1. The summed E-state index contributed by atoms with van der Waals surface area (Å²) in [5.74, 6) is 6.78. The number of hydrogen-bond donors (Lipinski definition) is 2. The maximum atomic E-state index is 5.36. The van der Waals surface area contributed by atoms with E-state index in [1.807, 2.05) is 22.9 Å². The summed E-state index contributed by atoms with van der Waals surface area (Å²) in [6.07, 6.45) is 1.85. The molecule has 0 radical (unpaired) electrons. The third kappa shape index (κ3) is 2.29. The van der Waals surface area contributed by atoms with Crippen LogP contribution < -0.4 is 11.3 Å². The molecule has 0 aliphatic rings. The van der Waals surface area contributed by atoms with Crippen molar-refractivity contribution in [1.82, 2.24) is 14.8 Å². The first kappa shape index (κ1) is 11.6. The van der Waals surface area contributed by atoms with Crippen molar-refractivity contribution in [3.05, 3.63) is 35.7 Å². The fraction of sp³-hybridized carbons (Fsp3) is 0.333. The Labute approximate surface area is 101 Å². The van der Waals surface area contributed by atoms with Gasteiger partial charge in [-0.15, -0.1) is 0 Å². The first-order valence-corrected chi connectivity index (χ1v) is 5.80. The molecule has 5 heteroatoms. The summed E-state index contributed by atoms with van der Waals surface area (Å²) >= 11 is 0. The van der Waals surface area contributed by atoms with Gasteiger partial charge in [0.05, 0.1) is 5.69 Å². The zero-order chi connectivity index (χ0) is 12.3. The SMILES string of the molecule is CCc1cc(CC)n(-c2cccc(NN)n2)n1. The van der Waals surface area contributed by atoms with Crippen molar-refractivity contribution < 1.29 is 0 Å². The molecule has 0 spiro atoms. The van der Waals surface area contributed by atoms with Gasteiger partial charge in [-0.25, -0.2) is 15.5 Å². The molecule has 0 aliphatic carbocycles. The highest BCUT2D eigenvalue weighted by Crippen LogP contribution is 2.13. The third-order valence-corrected chi connectivity index (χ3v) is 2.66. The minimum absolute atomic E-state index is 0.637. The van der Waals surface area contributed by atoms with Crippen LogP contribution in [-0.2, 0) is 12.8 Å². The first-order chi connectivity index (χ1) is 8.28. The molecule has 0 saturated carbocycles. The average molecular weight is 231 g/mol. The molecule has 0 saturated heterocycles. The van der Waals surface area contributed by atoms with Gasteiger partial charge in [-0.1, -0.05) is 19.9 Å². The molecule has 0 amide bonds. The minimum atomic E-state index is 0.637. The number of aryl methyl sites for hydroxylation is 2. The summed E-state index contributed by atoms with van der Waals surface area (Å²) in [7, 11) is 0. The van der Waals surface area contributed by atoms with E-state index in [2.05, 4.69) is 35.4 Å². The Hall–Kier alpha value is -1.88. The van der Waals surface area contributed by atoms with Crippen LogP contribution in [0.25, 0.3) is 5.82 Å². The van der Waals surface area contributed by atoms with Crippen LogP contribution in [0.5, 0.6) is 0 Å². The summed E-state index contributed by atoms with van der Waals surface area (Å²) in [6.45, 7) is 4.20. The number of nitrogens with one attached hydrogen (secondary N) is 1. The van der Waals surface area contributed by atoms with Crippen molar-refractivity contribution in [3.8, 4) is 5.82 Å². The van der Waals surface area contributed by atoms with Gasteiger partial charge in [0.25, 0.3) is 0 Å². The smallest absolute Gasteiger partial charge is 0.156 e. The molecule has 17 heavy (non-hydrogen) atoms. The highest BCUT2D eigenvalue weighted by molar-refractivity contribution is 5.39. The third-order valence-electron chi connectivity index (χ3n) is 2.66. The number of aromatic nitrogens is 3. The Morgan fingerprint density at radius 2 is 2.12 bits per heavy atom. The van der Waals surface area contributed by atoms with Crippen LogP contribution in [0.4, 0.5) is 5.82 Å². The number of nitrogens with zero attached hydrogens (tertiary/aromatic N) is 3. The summed E-state index contributed by atoms with van der Waals surface area (Å²) in [5.41, 5.74) is 4.78. The second kappa shape index (κ2) is 4.97. The molecule has 5 nitrogen and oxygen atoms in total. The molecule has 0 unspecified atom stereocenters. The molecule has 0 aliphatic heterocycles. The van der Waals surface area contributed by atoms with Gasteiger partial charge in [0.2, 0.25) is 0 Å². The van der Waals surface area contributed by atoms with E-state index in [1.54, 1.807) is 0 Å². The molecule has 0 atom stereocenters. The second-order valence-electron chi connectivity index (χ2n) is 3.77. The second-order valence-corrected chi connectivity index (χ2v) is 3.77. The van der Waals surface area contributed by atoms with Crippen molar-refractivity contribution >= 4 is 5.82 Å². The standard InChI is InChI=1S/C12H17N5/c1-3-9-8-10(4-2)17(16-9)12-7-5-6-11(14-12)15-13/h5-8H,3-4,13H2,1-2H3,(H,14,15). The zero-order valence-electron chi connectivity index (χ0n) is 10.1. The number of hydrazine groups is 1. The molecule has 2 aromatic rings. The molecule has 3 N–H and O–H groups in total. The van der Waals surface area contributed by atoms with E-state index in [1.165, 1.54) is 0 Å². The van der Waals surface area contributed by atoms with Crippen molar-refractivity contribution in [2.24, 2.45) is 5.84 Å². The summed E-state index contributed by atoms with van der Waals surface area (Å²) in [6, 6.07) is 7.76. The predicted molar refractivity (Wildman–Crippen MR) is 67.9 cm³/mol. The zero-order valence-corrected chi connectivity index (χ0v) is 10.1. The fourth-order valence-corrected chi connectivity index (χ4v) is 1.72. The number of rotatable bonds is 4. The lowest BCUT2D eigenvalue weighted by Gasteiger charge is -2.06. The minimum Gasteiger partial charge on any atom is -0.308 e. The molecule has 0 fully saturated rings. The Kier molecular flexibility index (Phi) is 3.39. The lowest BCUT2D eigenvalue weighted by atomic mass is 10.2. The van der Waals surface area contributed by atoms with Gasteiger partial charge in [-0.2, -0.15) is 5.10 Å². The Morgan fingerprint density at radius 1 is 1.29 bits per heavy atom. The van der Waals surface area contributed by atoms with E-state index >= 15 is 0 Å². The monoisotopic (exact) mass is 231 g/mol. The van der Waals surface area contributed by atoms with E-state index in [9.17, 15) is 0 Å². The maximum absolute atomic E-state index is 5.36. The van der Waals surface area contributed by atoms with Gasteiger partial charge in [-0.05, 0) is 31.0 Å². The number of nitrogen functional groups attached to an aromatic ring is 1. The topological polar surface area (TPSA) is 68.8 Å². The van der Waals surface area contributed by atoms with E-state index in [0.29, 0.717) is 5.82 Å². The Balaban J connectivity index is 2.47. The van der Waals surface area contributed by atoms with Gasteiger partial charge in [0.15, 0.2) is 5.82 Å². The maximum Gasteiger partial charge on any atom is 0.156 e. The van der Waals surface area contributed by atoms with Gasteiger partial charge >= 0.3 is 0 Å². The molecule has 0 aromatic carbocycles. The Morgan fingerprint density at radius 3 is 2.76 bits per heavy atom. The van der Waals surface area contributed by atoms with Gasteiger partial charge < -0.3 is 5.43 Å². The molecule has 2 rings (SSSR count). The Bertz CT molecular complexity index is 503. The van der Waals surface area contributed by atoms with Gasteiger partial charge in [0, 0.05) is 5.69 Å². The normalized spacial score (nSPS) is 10.5. The van der Waals surface area contributed by atoms with E-state index in [4.69, 9.17) is 5.84 Å². The molecule has 2 heterocycles. The quantitative estimate of drug-likeness (QED) is 0.620. The van der Waals surface area contributed by atoms with Crippen LogP contribution in [0.2, 0.25) is 0 Å². The van der Waals surface area contributed by atoms with Crippen LogP contribution in [0.3, 0.4) is 0 Å². The van der Waals surface area contributed by atoms with Gasteiger partial charge in [-0.3, -0.25) is 0 Å². The lowest BCUT2D eigenvalue weighted by molar-refractivity contribution is 0.773.